The molecular weight excluding hydrogens is 434 g/mol. The molecule has 0 unspecified atom stereocenters. The summed E-state index contributed by atoms with van der Waals surface area (Å²) in [6.07, 6.45) is 0. The van der Waals surface area contributed by atoms with E-state index in [1.165, 1.54) is 0 Å². The van der Waals surface area contributed by atoms with E-state index in [-0.39, 0.29) is 12.5 Å². The van der Waals surface area contributed by atoms with Gasteiger partial charge in [-0.05, 0) is 67.9 Å². The number of benzene rings is 3. The number of anilines is 1. The second kappa shape index (κ2) is 9.39. The van der Waals surface area contributed by atoms with Gasteiger partial charge in [-0.1, -0.05) is 39.7 Å². The summed E-state index contributed by atoms with van der Waals surface area (Å²) >= 11 is 3.34. The SMILES string of the molecule is Cc1ccc(NC(=O)c2ccc(OC(=O)COc3cccc(Br)c3)cc2)c(C)c1. The molecule has 5 nitrogen and oxygen atoms in total. The summed E-state index contributed by atoms with van der Waals surface area (Å²) in [5.41, 5.74) is 3.36. The molecule has 148 valence electrons. The second-order valence-corrected chi connectivity index (χ2v) is 7.43. The number of rotatable bonds is 6. The molecule has 0 heterocycles. The summed E-state index contributed by atoms with van der Waals surface area (Å²) in [6, 6.07) is 19.4. The minimum atomic E-state index is -0.530. The predicted molar refractivity (Wildman–Crippen MR) is 116 cm³/mol. The molecule has 0 aliphatic rings. The number of ether oxygens (including phenoxy) is 2. The van der Waals surface area contributed by atoms with Crippen molar-refractivity contribution < 1.29 is 19.1 Å². The maximum Gasteiger partial charge on any atom is 0.349 e. The van der Waals surface area contributed by atoms with Crippen LogP contribution in [0.5, 0.6) is 11.5 Å². The number of esters is 1. The molecule has 6 heteroatoms. The molecule has 0 bridgehead atoms. The number of carbonyl (C=O) groups is 2. The van der Waals surface area contributed by atoms with Crippen LogP contribution in [0, 0.1) is 13.8 Å². The second-order valence-electron chi connectivity index (χ2n) is 6.52. The number of aryl methyl sites for hydroxylation is 2. The molecule has 3 rings (SSSR count). The maximum atomic E-state index is 12.4. The molecule has 0 spiro atoms. The van der Waals surface area contributed by atoms with Crippen LogP contribution >= 0.6 is 15.9 Å². The Balaban J connectivity index is 1.55. The number of halogens is 1. The number of amides is 1. The lowest BCUT2D eigenvalue weighted by Crippen LogP contribution is -2.18. The highest BCUT2D eigenvalue weighted by Crippen LogP contribution is 2.19. The van der Waals surface area contributed by atoms with Crippen molar-refractivity contribution in [1.82, 2.24) is 0 Å². The van der Waals surface area contributed by atoms with E-state index in [9.17, 15) is 9.59 Å². The molecule has 0 aromatic heterocycles. The number of nitrogens with one attached hydrogen (secondary N) is 1. The Bertz CT molecular complexity index is 1030. The van der Waals surface area contributed by atoms with Gasteiger partial charge in [0.1, 0.15) is 11.5 Å². The highest BCUT2D eigenvalue weighted by Gasteiger charge is 2.10. The number of hydrogen-bond donors (Lipinski definition) is 1. The van der Waals surface area contributed by atoms with Crippen LogP contribution in [0.4, 0.5) is 5.69 Å². The van der Waals surface area contributed by atoms with Crippen molar-refractivity contribution >= 4 is 33.5 Å². The molecule has 1 N–H and O–H groups in total. The lowest BCUT2D eigenvalue weighted by Gasteiger charge is -2.10. The van der Waals surface area contributed by atoms with Crippen LogP contribution in [0.3, 0.4) is 0 Å². The van der Waals surface area contributed by atoms with E-state index in [2.05, 4.69) is 21.2 Å². The summed E-state index contributed by atoms with van der Waals surface area (Å²) < 4.78 is 11.5. The third-order valence-electron chi connectivity index (χ3n) is 4.13. The Morgan fingerprint density at radius 3 is 2.38 bits per heavy atom. The average molecular weight is 454 g/mol. The quantitative estimate of drug-likeness (QED) is 0.406. The van der Waals surface area contributed by atoms with E-state index >= 15 is 0 Å². The zero-order valence-corrected chi connectivity index (χ0v) is 17.7. The summed E-state index contributed by atoms with van der Waals surface area (Å²) in [7, 11) is 0. The Labute approximate surface area is 177 Å². The van der Waals surface area contributed by atoms with Crippen LogP contribution in [-0.4, -0.2) is 18.5 Å². The van der Waals surface area contributed by atoms with E-state index in [1.54, 1.807) is 36.4 Å². The number of carbonyl (C=O) groups excluding carboxylic acids is 2. The van der Waals surface area contributed by atoms with E-state index < -0.39 is 5.97 Å². The fourth-order valence-electron chi connectivity index (χ4n) is 2.68. The van der Waals surface area contributed by atoms with E-state index in [1.807, 2.05) is 44.2 Å². The first kappa shape index (κ1) is 20.6. The minimum Gasteiger partial charge on any atom is -0.482 e. The van der Waals surface area contributed by atoms with E-state index in [4.69, 9.17) is 9.47 Å². The Hall–Kier alpha value is -3.12. The molecule has 0 aliphatic heterocycles. The van der Waals surface area contributed by atoms with Gasteiger partial charge < -0.3 is 14.8 Å². The standard InChI is InChI=1S/C23H20BrNO4/c1-15-6-11-21(16(2)12-15)25-23(27)17-7-9-19(10-8-17)29-22(26)14-28-20-5-3-4-18(24)13-20/h3-13H,14H2,1-2H3,(H,25,27). The molecule has 0 radical (unpaired) electrons. The zero-order chi connectivity index (χ0) is 20.8. The van der Waals surface area contributed by atoms with Crippen molar-refractivity contribution in [1.29, 1.82) is 0 Å². The lowest BCUT2D eigenvalue weighted by atomic mass is 10.1. The van der Waals surface area contributed by atoms with Crippen molar-refractivity contribution in [2.75, 3.05) is 11.9 Å². The van der Waals surface area contributed by atoms with Crippen LogP contribution < -0.4 is 14.8 Å². The molecule has 29 heavy (non-hydrogen) atoms. The molecule has 3 aromatic carbocycles. The van der Waals surface area contributed by atoms with Gasteiger partial charge in [-0.25, -0.2) is 4.79 Å². The Morgan fingerprint density at radius 1 is 0.931 bits per heavy atom. The largest absolute Gasteiger partial charge is 0.482 e. The van der Waals surface area contributed by atoms with Gasteiger partial charge >= 0.3 is 5.97 Å². The van der Waals surface area contributed by atoms with Crippen molar-refractivity contribution in [3.63, 3.8) is 0 Å². The van der Waals surface area contributed by atoms with Crippen molar-refractivity contribution in [2.45, 2.75) is 13.8 Å². The van der Waals surface area contributed by atoms with Crippen molar-refractivity contribution in [3.8, 4) is 11.5 Å². The van der Waals surface area contributed by atoms with Gasteiger partial charge in [0.15, 0.2) is 6.61 Å². The number of hydrogen-bond acceptors (Lipinski definition) is 4. The Kier molecular flexibility index (Phi) is 6.67. The molecule has 1 amide bonds. The van der Waals surface area contributed by atoms with Gasteiger partial charge in [0.25, 0.3) is 5.91 Å². The molecule has 0 fully saturated rings. The normalized spacial score (nSPS) is 10.3. The highest BCUT2D eigenvalue weighted by atomic mass is 79.9. The first-order valence-electron chi connectivity index (χ1n) is 8.98. The smallest absolute Gasteiger partial charge is 0.349 e. The Morgan fingerprint density at radius 2 is 1.69 bits per heavy atom. The monoisotopic (exact) mass is 453 g/mol. The molecule has 0 saturated heterocycles. The van der Waals surface area contributed by atoms with E-state index in [0.717, 1.165) is 21.3 Å². The van der Waals surface area contributed by atoms with E-state index in [0.29, 0.717) is 17.1 Å². The fraction of sp³-hybridized carbons (Fsp3) is 0.130. The first-order valence-corrected chi connectivity index (χ1v) is 9.78. The topological polar surface area (TPSA) is 64.6 Å². The molecule has 0 aliphatic carbocycles. The predicted octanol–water partition coefficient (Wildman–Crippen LogP) is 5.30. The fourth-order valence-corrected chi connectivity index (χ4v) is 3.06. The average Bonchev–Trinajstić information content (AvgIpc) is 2.69. The summed E-state index contributed by atoms with van der Waals surface area (Å²) in [6.45, 7) is 3.73. The third-order valence-corrected chi connectivity index (χ3v) is 4.62. The molecular formula is C23H20BrNO4. The van der Waals surface area contributed by atoms with Gasteiger partial charge in [-0.15, -0.1) is 0 Å². The van der Waals surface area contributed by atoms with Crippen LogP contribution in [0.15, 0.2) is 71.2 Å². The lowest BCUT2D eigenvalue weighted by molar-refractivity contribution is -0.136. The van der Waals surface area contributed by atoms with Gasteiger partial charge in [0, 0.05) is 15.7 Å². The summed E-state index contributed by atoms with van der Waals surface area (Å²) in [4.78, 5) is 24.4. The van der Waals surface area contributed by atoms with Crippen molar-refractivity contribution in [3.05, 3.63) is 87.9 Å². The van der Waals surface area contributed by atoms with Gasteiger partial charge in [0.2, 0.25) is 0 Å². The zero-order valence-electron chi connectivity index (χ0n) is 16.1. The van der Waals surface area contributed by atoms with Gasteiger partial charge in [-0.3, -0.25) is 4.79 Å². The molecule has 0 atom stereocenters. The van der Waals surface area contributed by atoms with Crippen LogP contribution in [0.2, 0.25) is 0 Å². The van der Waals surface area contributed by atoms with Gasteiger partial charge in [0.05, 0.1) is 0 Å². The van der Waals surface area contributed by atoms with Crippen LogP contribution in [0.25, 0.3) is 0 Å². The van der Waals surface area contributed by atoms with Crippen molar-refractivity contribution in [2.24, 2.45) is 0 Å². The minimum absolute atomic E-state index is 0.217. The summed E-state index contributed by atoms with van der Waals surface area (Å²) in [5.74, 6) is 0.149. The summed E-state index contributed by atoms with van der Waals surface area (Å²) in [5, 5.41) is 2.89. The van der Waals surface area contributed by atoms with Crippen LogP contribution in [0.1, 0.15) is 21.5 Å². The van der Waals surface area contributed by atoms with Gasteiger partial charge in [-0.2, -0.15) is 0 Å². The highest BCUT2D eigenvalue weighted by molar-refractivity contribution is 9.10. The first-order chi connectivity index (χ1) is 13.9. The third kappa shape index (κ3) is 5.93. The molecule has 0 saturated carbocycles. The molecule has 3 aromatic rings. The maximum absolute atomic E-state index is 12.4. The van der Waals surface area contributed by atoms with Crippen LogP contribution in [-0.2, 0) is 4.79 Å².